The molecule has 2 aliphatic rings. The van der Waals surface area contributed by atoms with Crippen molar-refractivity contribution in [2.75, 3.05) is 25.0 Å². The van der Waals surface area contributed by atoms with Crippen molar-refractivity contribution >= 4 is 5.82 Å². The molecule has 0 amide bonds. The fourth-order valence-electron chi connectivity index (χ4n) is 3.37. The largest absolute Gasteiger partial charge is 0.352 e. The molecule has 1 fully saturated rings. The van der Waals surface area contributed by atoms with Crippen molar-refractivity contribution in [3.8, 4) is 0 Å². The molecule has 2 aromatic rings. The summed E-state index contributed by atoms with van der Waals surface area (Å²) in [5, 5.41) is 8.74. The quantitative estimate of drug-likeness (QED) is 0.809. The molecule has 0 bridgehead atoms. The lowest BCUT2D eigenvalue weighted by Gasteiger charge is -2.44. The van der Waals surface area contributed by atoms with E-state index in [4.69, 9.17) is 0 Å². The fraction of sp³-hybridized carbons (Fsp3) is 0.529. The van der Waals surface area contributed by atoms with E-state index in [1.165, 1.54) is 22.2 Å². The summed E-state index contributed by atoms with van der Waals surface area (Å²) in [6, 6.07) is 4.56. The molecule has 0 aromatic carbocycles. The molecule has 1 saturated heterocycles. The highest BCUT2D eigenvalue weighted by atomic mass is 16.1. The molecule has 0 spiro atoms. The molecular formula is C17H22N6O. The van der Waals surface area contributed by atoms with Crippen molar-refractivity contribution in [2.24, 2.45) is 7.05 Å². The zero-order valence-corrected chi connectivity index (χ0v) is 14.1. The number of hydrogen-bond donors (Lipinski definition) is 0. The van der Waals surface area contributed by atoms with Crippen LogP contribution in [0.3, 0.4) is 0 Å². The van der Waals surface area contributed by atoms with Crippen molar-refractivity contribution < 1.29 is 0 Å². The van der Waals surface area contributed by atoms with Gasteiger partial charge in [0.2, 0.25) is 0 Å². The minimum absolute atomic E-state index is 0.204. The van der Waals surface area contributed by atoms with E-state index >= 15 is 0 Å². The number of anilines is 1. The molecule has 0 radical (unpaired) electrons. The Balaban J connectivity index is 1.36. The third-order valence-corrected chi connectivity index (χ3v) is 5.06. The van der Waals surface area contributed by atoms with Crippen LogP contribution in [0.5, 0.6) is 0 Å². The van der Waals surface area contributed by atoms with E-state index in [0.29, 0.717) is 12.6 Å². The molecule has 1 aliphatic heterocycles. The van der Waals surface area contributed by atoms with Gasteiger partial charge in [-0.15, -0.1) is 5.10 Å². The van der Waals surface area contributed by atoms with Crippen molar-refractivity contribution in [3.05, 3.63) is 45.8 Å². The van der Waals surface area contributed by atoms with Crippen LogP contribution in [0.1, 0.15) is 23.4 Å². The second-order valence-electron chi connectivity index (χ2n) is 6.81. The Morgan fingerprint density at radius 2 is 2.12 bits per heavy atom. The predicted molar refractivity (Wildman–Crippen MR) is 91.0 cm³/mol. The Morgan fingerprint density at radius 1 is 1.29 bits per heavy atom. The minimum Gasteiger partial charge on any atom is -0.352 e. The van der Waals surface area contributed by atoms with Crippen molar-refractivity contribution in [2.45, 2.75) is 31.8 Å². The predicted octanol–water partition coefficient (Wildman–Crippen LogP) is 0.380. The lowest BCUT2D eigenvalue weighted by atomic mass is 10.1. The van der Waals surface area contributed by atoms with E-state index in [0.717, 1.165) is 37.4 Å². The highest BCUT2D eigenvalue weighted by molar-refractivity contribution is 5.45. The molecule has 7 nitrogen and oxygen atoms in total. The van der Waals surface area contributed by atoms with Crippen LogP contribution < -0.4 is 10.6 Å². The summed E-state index contributed by atoms with van der Waals surface area (Å²) in [5.41, 5.74) is 3.15. The zero-order chi connectivity index (χ0) is 16.7. The number of aryl methyl sites for hydroxylation is 3. The summed E-state index contributed by atoms with van der Waals surface area (Å²) in [6.07, 6.45) is 5.16. The SMILES string of the molecule is CN(Cc1ccn(C)c(=O)n1)C1CN(c2cc3c(nn2)CCC3)C1. The van der Waals surface area contributed by atoms with Gasteiger partial charge in [-0.3, -0.25) is 4.90 Å². The number of hydrogen-bond acceptors (Lipinski definition) is 6. The van der Waals surface area contributed by atoms with E-state index < -0.39 is 0 Å². The van der Waals surface area contributed by atoms with Gasteiger partial charge in [-0.05, 0) is 44.0 Å². The Kier molecular flexibility index (Phi) is 3.80. The van der Waals surface area contributed by atoms with Gasteiger partial charge in [-0.25, -0.2) is 4.79 Å². The van der Waals surface area contributed by atoms with Crippen LogP contribution in [0.4, 0.5) is 5.82 Å². The van der Waals surface area contributed by atoms with Gasteiger partial charge in [0, 0.05) is 38.9 Å². The van der Waals surface area contributed by atoms with Gasteiger partial charge in [-0.2, -0.15) is 10.1 Å². The number of nitrogens with zero attached hydrogens (tertiary/aromatic N) is 6. The summed E-state index contributed by atoms with van der Waals surface area (Å²) in [5.74, 6) is 0.993. The number of rotatable bonds is 4. The summed E-state index contributed by atoms with van der Waals surface area (Å²) in [6.45, 7) is 2.56. The van der Waals surface area contributed by atoms with Crippen LogP contribution in [-0.2, 0) is 26.4 Å². The monoisotopic (exact) mass is 326 g/mol. The van der Waals surface area contributed by atoms with Gasteiger partial charge in [0.1, 0.15) is 0 Å². The Hall–Kier alpha value is -2.28. The van der Waals surface area contributed by atoms with Crippen LogP contribution in [0, 0.1) is 0 Å². The second kappa shape index (κ2) is 5.98. The van der Waals surface area contributed by atoms with Crippen LogP contribution in [0.15, 0.2) is 23.1 Å². The molecule has 0 N–H and O–H groups in total. The smallest absolute Gasteiger partial charge is 0.347 e. The average Bonchev–Trinajstić information content (AvgIpc) is 2.97. The zero-order valence-electron chi connectivity index (χ0n) is 14.1. The number of likely N-dealkylation sites (N-methyl/N-ethyl adjacent to an activating group) is 1. The highest BCUT2D eigenvalue weighted by Crippen LogP contribution is 2.26. The molecule has 4 rings (SSSR count). The lowest BCUT2D eigenvalue weighted by molar-refractivity contribution is 0.194. The first-order valence-corrected chi connectivity index (χ1v) is 8.43. The van der Waals surface area contributed by atoms with Gasteiger partial charge in [-0.1, -0.05) is 0 Å². The van der Waals surface area contributed by atoms with E-state index in [2.05, 4.69) is 38.1 Å². The van der Waals surface area contributed by atoms with Crippen molar-refractivity contribution in [1.82, 2.24) is 24.6 Å². The van der Waals surface area contributed by atoms with Crippen molar-refractivity contribution in [1.29, 1.82) is 0 Å². The van der Waals surface area contributed by atoms with Gasteiger partial charge in [0.15, 0.2) is 5.82 Å². The third-order valence-electron chi connectivity index (χ3n) is 5.06. The molecular weight excluding hydrogens is 304 g/mol. The minimum atomic E-state index is -0.204. The standard InChI is InChI=1S/C17H22N6O/c1-21-7-6-13(18-17(21)24)9-22(2)14-10-23(11-14)16-8-12-4-3-5-15(12)19-20-16/h6-8,14H,3-5,9-11H2,1-2H3. The molecule has 0 unspecified atom stereocenters. The number of fused-ring (bicyclic) bond motifs is 1. The van der Waals surface area contributed by atoms with Gasteiger partial charge >= 0.3 is 5.69 Å². The molecule has 2 aromatic heterocycles. The van der Waals surface area contributed by atoms with E-state index in [1.54, 1.807) is 13.2 Å². The van der Waals surface area contributed by atoms with Gasteiger partial charge < -0.3 is 9.47 Å². The molecule has 7 heteroatoms. The van der Waals surface area contributed by atoms with Crippen molar-refractivity contribution in [3.63, 3.8) is 0 Å². The molecule has 24 heavy (non-hydrogen) atoms. The Morgan fingerprint density at radius 3 is 2.92 bits per heavy atom. The summed E-state index contributed by atoms with van der Waals surface area (Å²) in [7, 11) is 3.79. The second-order valence-corrected chi connectivity index (χ2v) is 6.81. The fourth-order valence-corrected chi connectivity index (χ4v) is 3.37. The summed E-state index contributed by atoms with van der Waals surface area (Å²) < 4.78 is 1.49. The summed E-state index contributed by atoms with van der Waals surface area (Å²) >= 11 is 0. The van der Waals surface area contributed by atoms with E-state index in [1.807, 2.05) is 6.07 Å². The summed E-state index contributed by atoms with van der Waals surface area (Å²) in [4.78, 5) is 20.2. The maximum atomic E-state index is 11.6. The van der Waals surface area contributed by atoms with Crippen LogP contribution in [0.2, 0.25) is 0 Å². The highest BCUT2D eigenvalue weighted by Gasteiger charge is 2.32. The normalized spacial score (nSPS) is 17.2. The van der Waals surface area contributed by atoms with Gasteiger partial charge in [0.25, 0.3) is 0 Å². The van der Waals surface area contributed by atoms with Crippen LogP contribution in [0.25, 0.3) is 0 Å². The molecule has 0 saturated carbocycles. The molecule has 3 heterocycles. The van der Waals surface area contributed by atoms with Gasteiger partial charge in [0.05, 0.1) is 11.4 Å². The third kappa shape index (κ3) is 2.80. The average molecular weight is 326 g/mol. The Labute approximate surface area is 140 Å². The first kappa shape index (κ1) is 15.3. The maximum Gasteiger partial charge on any atom is 0.347 e. The lowest BCUT2D eigenvalue weighted by Crippen LogP contribution is -2.58. The van der Waals surface area contributed by atoms with Crippen LogP contribution >= 0.6 is 0 Å². The number of aromatic nitrogens is 4. The van der Waals surface area contributed by atoms with Crippen LogP contribution in [-0.4, -0.2) is 50.8 Å². The van der Waals surface area contributed by atoms with E-state index in [-0.39, 0.29) is 5.69 Å². The molecule has 126 valence electrons. The topological polar surface area (TPSA) is 67.2 Å². The Bertz CT molecular complexity index is 811. The molecule has 1 aliphatic carbocycles. The van der Waals surface area contributed by atoms with E-state index in [9.17, 15) is 4.79 Å². The first-order chi connectivity index (χ1) is 11.6. The maximum absolute atomic E-state index is 11.6. The first-order valence-electron chi connectivity index (χ1n) is 8.43. The molecule has 0 atom stereocenters.